The minimum atomic E-state index is -0.529. The Morgan fingerprint density at radius 3 is 2.55 bits per heavy atom. The number of aromatic hydroxyl groups is 1. The van der Waals surface area contributed by atoms with Crippen LogP contribution in [0.1, 0.15) is 5.56 Å². The van der Waals surface area contributed by atoms with Crippen LogP contribution in [0.5, 0.6) is 5.75 Å². The van der Waals surface area contributed by atoms with E-state index in [-0.39, 0.29) is 11.6 Å². The van der Waals surface area contributed by atoms with E-state index in [4.69, 9.17) is 0 Å². The second kappa shape index (κ2) is 6.38. The molecule has 0 unspecified atom stereocenters. The molecule has 0 aromatic heterocycles. The molecule has 2 aromatic rings. The second-order valence-corrected chi connectivity index (χ2v) is 3.97. The molecule has 0 saturated heterocycles. The number of urea groups is 1. The second-order valence-electron chi connectivity index (χ2n) is 3.97. The molecule has 0 radical (unpaired) electrons. The van der Waals surface area contributed by atoms with Crippen molar-refractivity contribution in [2.75, 3.05) is 5.32 Å². The quantitative estimate of drug-likeness (QED) is 0.750. The molecule has 0 bridgehead atoms. The van der Waals surface area contributed by atoms with E-state index in [1.54, 1.807) is 36.4 Å². The van der Waals surface area contributed by atoms with Crippen molar-refractivity contribution in [3.8, 4) is 5.75 Å². The Hall–Kier alpha value is -2.82. The van der Waals surface area contributed by atoms with Crippen LogP contribution in [0.25, 0.3) is 6.08 Å². The van der Waals surface area contributed by atoms with Crippen molar-refractivity contribution in [2.45, 2.75) is 0 Å². The van der Waals surface area contributed by atoms with Gasteiger partial charge in [0.25, 0.3) is 0 Å². The summed E-state index contributed by atoms with van der Waals surface area (Å²) in [4.78, 5) is 11.6. The Balaban J connectivity index is 1.93. The van der Waals surface area contributed by atoms with Gasteiger partial charge in [0.1, 0.15) is 11.6 Å². The Morgan fingerprint density at radius 1 is 1.10 bits per heavy atom. The molecule has 0 aliphatic heterocycles. The molecular formula is C15H13FN2O2. The molecule has 0 spiro atoms. The molecule has 0 fully saturated rings. The van der Waals surface area contributed by atoms with Gasteiger partial charge in [-0.1, -0.05) is 30.3 Å². The fraction of sp³-hybridized carbons (Fsp3) is 0. The van der Waals surface area contributed by atoms with Gasteiger partial charge in [-0.25, -0.2) is 9.18 Å². The number of phenolic OH excluding ortho intramolecular Hbond substituents is 1. The van der Waals surface area contributed by atoms with E-state index >= 15 is 0 Å². The first-order valence-corrected chi connectivity index (χ1v) is 5.93. The number of anilines is 1. The number of amides is 2. The van der Waals surface area contributed by atoms with Gasteiger partial charge >= 0.3 is 6.03 Å². The maximum Gasteiger partial charge on any atom is 0.323 e. The lowest BCUT2D eigenvalue weighted by atomic mass is 10.2. The molecule has 3 N–H and O–H groups in total. The highest BCUT2D eigenvalue weighted by atomic mass is 19.1. The third kappa shape index (κ3) is 3.58. The van der Waals surface area contributed by atoms with Crippen LogP contribution in [0, 0.1) is 5.82 Å². The zero-order valence-corrected chi connectivity index (χ0v) is 10.5. The standard InChI is InChI=1S/C15H13FN2O2/c16-12-6-2-1-5-11(12)9-10-17-15(20)18-13-7-3-4-8-14(13)19/h1-10,19H,(H2,17,18,20)/b10-9+. The zero-order chi connectivity index (χ0) is 14.4. The molecule has 5 heteroatoms. The largest absolute Gasteiger partial charge is 0.506 e. The van der Waals surface area contributed by atoms with Crippen LogP contribution in [0.4, 0.5) is 14.9 Å². The summed E-state index contributed by atoms with van der Waals surface area (Å²) < 4.78 is 13.3. The summed E-state index contributed by atoms with van der Waals surface area (Å²) in [6.07, 6.45) is 2.77. The monoisotopic (exact) mass is 272 g/mol. The van der Waals surface area contributed by atoms with Gasteiger partial charge < -0.3 is 15.7 Å². The number of rotatable bonds is 3. The van der Waals surface area contributed by atoms with E-state index in [1.807, 2.05) is 0 Å². The van der Waals surface area contributed by atoms with Crippen molar-refractivity contribution in [2.24, 2.45) is 0 Å². The van der Waals surface area contributed by atoms with Crippen LogP contribution in [0.15, 0.2) is 54.7 Å². The summed E-state index contributed by atoms with van der Waals surface area (Å²) in [6.45, 7) is 0. The molecule has 4 nitrogen and oxygen atoms in total. The molecule has 2 rings (SSSR count). The number of nitrogens with one attached hydrogen (secondary N) is 2. The highest BCUT2D eigenvalue weighted by Crippen LogP contribution is 2.21. The van der Waals surface area contributed by atoms with E-state index in [2.05, 4.69) is 10.6 Å². The fourth-order valence-corrected chi connectivity index (χ4v) is 1.56. The first kappa shape index (κ1) is 13.6. The van der Waals surface area contributed by atoms with E-state index in [9.17, 15) is 14.3 Å². The average molecular weight is 272 g/mol. The molecule has 102 valence electrons. The number of halogens is 1. The maximum atomic E-state index is 13.3. The Morgan fingerprint density at radius 2 is 1.80 bits per heavy atom. The summed E-state index contributed by atoms with van der Waals surface area (Å²) in [5, 5.41) is 14.4. The lowest BCUT2D eigenvalue weighted by molar-refractivity contribution is 0.255. The number of carbonyl (C=O) groups is 1. The van der Waals surface area contributed by atoms with Gasteiger partial charge in [-0.2, -0.15) is 0 Å². The van der Waals surface area contributed by atoms with Gasteiger partial charge in [-0.05, 0) is 24.3 Å². The van der Waals surface area contributed by atoms with Crippen molar-refractivity contribution in [3.63, 3.8) is 0 Å². The lowest BCUT2D eigenvalue weighted by Crippen LogP contribution is -2.23. The number of benzene rings is 2. The highest BCUT2D eigenvalue weighted by Gasteiger charge is 2.03. The van der Waals surface area contributed by atoms with Crippen molar-refractivity contribution in [1.29, 1.82) is 0 Å². The predicted molar refractivity (Wildman–Crippen MR) is 75.7 cm³/mol. The summed E-state index contributed by atoms with van der Waals surface area (Å²) in [5.74, 6) is -0.396. The van der Waals surface area contributed by atoms with E-state index < -0.39 is 6.03 Å². The van der Waals surface area contributed by atoms with E-state index in [1.165, 1.54) is 24.4 Å². The van der Waals surface area contributed by atoms with E-state index in [0.717, 1.165) is 0 Å². The fourth-order valence-electron chi connectivity index (χ4n) is 1.56. The van der Waals surface area contributed by atoms with Crippen LogP contribution >= 0.6 is 0 Å². The van der Waals surface area contributed by atoms with Crippen LogP contribution in [-0.2, 0) is 0 Å². The summed E-state index contributed by atoms with van der Waals surface area (Å²) in [5.41, 5.74) is 0.666. The maximum absolute atomic E-state index is 13.3. The van der Waals surface area contributed by atoms with Crippen LogP contribution < -0.4 is 10.6 Å². The smallest absolute Gasteiger partial charge is 0.323 e. The van der Waals surface area contributed by atoms with Gasteiger partial charge in [0, 0.05) is 11.8 Å². The molecule has 0 aliphatic carbocycles. The van der Waals surface area contributed by atoms with Crippen LogP contribution in [0.3, 0.4) is 0 Å². The Labute approximate surface area is 115 Å². The molecule has 0 heterocycles. The molecule has 2 aromatic carbocycles. The first-order valence-electron chi connectivity index (χ1n) is 5.93. The van der Waals surface area contributed by atoms with Crippen molar-refractivity contribution in [1.82, 2.24) is 5.32 Å². The molecule has 0 aliphatic rings. The number of para-hydroxylation sites is 2. The zero-order valence-electron chi connectivity index (χ0n) is 10.5. The predicted octanol–water partition coefficient (Wildman–Crippen LogP) is 3.32. The Kier molecular flexibility index (Phi) is 4.34. The minimum absolute atomic E-state index is 0.0271. The number of phenols is 1. The van der Waals surface area contributed by atoms with Gasteiger partial charge in [-0.15, -0.1) is 0 Å². The van der Waals surface area contributed by atoms with Crippen molar-refractivity contribution < 1.29 is 14.3 Å². The normalized spacial score (nSPS) is 10.4. The van der Waals surface area contributed by atoms with Crippen LogP contribution in [-0.4, -0.2) is 11.1 Å². The van der Waals surface area contributed by atoms with Crippen molar-refractivity contribution >= 4 is 17.8 Å². The minimum Gasteiger partial charge on any atom is -0.506 e. The number of carbonyl (C=O) groups excluding carboxylic acids is 1. The third-order valence-corrected chi connectivity index (χ3v) is 2.53. The first-order chi connectivity index (χ1) is 9.66. The molecule has 2 amide bonds. The number of hydrogen-bond acceptors (Lipinski definition) is 2. The third-order valence-electron chi connectivity index (χ3n) is 2.53. The highest BCUT2D eigenvalue weighted by molar-refractivity contribution is 5.91. The summed E-state index contributed by atoms with van der Waals surface area (Å²) >= 11 is 0. The summed E-state index contributed by atoms with van der Waals surface area (Å²) in [6, 6.07) is 12.0. The van der Waals surface area contributed by atoms with E-state index in [0.29, 0.717) is 11.3 Å². The Bertz CT molecular complexity index is 641. The molecule has 0 saturated carbocycles. The van der Waals surface area contributed by atoms with Crippen molar-refractivity contribution in [3.05, 3.63) is 66.1 Å². The summed E-state index contributed by atoms with van der Waals surface area (Å²) in [7, 11) is 0. The SMILES string of the molecule is O=C(N/C=C/c1ccccc1F)Nc1ccccc1O. The molecule has 20 heavy (non-hydrogen) atoms. The van der Waals surface area contributed by atoms with Gasteiger partial charge in [0.05, 0.1) is 5.69 Å². The van der Waals surface area contributed by atoms with Crippen LogP contribution in [0.2, 0.25) is 0 Å². The lowest BCUT2D eigenvalue weighted by Gasteiger charge is -2.06. The van der Waals surface area contributed by atoms with Gasteiger partial charge in [0.15, 0.2) is 0 Å². The topological polar surface area (TPSA) is 61.4 Å². The number of hydrogen-bond donors (Lipinski definition) is 3. The average Bonchev–Trinajstić information content (AvgIpc) is 2.43. The van der Waals surface area contributed by atoms with Gasteiger partial charge in [0.2, 0.25) is 0 Å². The molecule has 0 atom stereocenters. The molecular weight excluding hydrogens is 259 g/mol. The van der Waals surface area contributed by atoms with Gasteiger partial charge in [-0.3, -0.25) is 0 Å².